The van der Waals surface area contributed by atoms with Crippen molar-refractivity contribution in [2.24, 2.45) is 17.3 Å². The zero-order valence-electron chi connectivity index (χ0n) is 14.1. The molecular weight excluding hydrogens is 258 g/mol. The lowest BCUT2D eigenvalue weighted by atomic mass is 9.75. The molecule has 2 atom stereocenters. The first-order valence-electron chi connectivity index (χ1n) is 8.81. The van der Waals surface area contributed by atoms with Crippen LogP contribution in [0.4, 0.5) is 0 Å². The maximum absolute atomic E-state index is 9.67. The molecule has 0 amide bonds. The molecule has 0 spiro atoms. The predicted molar refractivity (Wildman–Crippen MR) is 85.9 cm³/mol. The van der Waals surface area contributed by atoms with Gasteiger partial charge in [-0.3, -0.25) is 4.90 Å². The third-order valence-electron chi connectivity index (χ3n) is 6.08. The Morgan fingerprint density at radius 2 is 1.57 bits per heavy atom. The van der Waals surface area contributed by atoms with E-state index in [1.54, 1.807) is 0 Å². The highest BCUT2D eigenvalue weighted by atomic mass is 15.3. The summed E-state index contributed by atoms with van der Waals surface area (Å²) in [6.45, 7) is 13.0. The van der Waals surface area contributed by atoms with Gasteiger partial charge in [-0.15, -0.1) is 0 Å². The quantitative estimate of drug-likeness (QED) is 0.782. The molecule has 118 valence electrons. The van der Waals surface area contributed by atoms with E-state index in [2.05, 4.69) is 36.6 Å². The van der Waals surface area contributed by atoms with Gasteiger partial charge in [0.25, 0.3) is 0 Å². The average Bonchev–Trinajstić information content (AvgIpc) is 2.97. The SMILES string of the molecule is CC(C)(C)N1C[C@H]2CN(CC3(C#N)CCCCC3)C[C@H]2C1. The van der Waals surface area contributed by atoms with Crippen LogP contribution in [0.3, 0.4) is 0 Å². The minimum absolute atomic E-state index is 0.0272. The molecule has 3 heteroatoms. The highest BCUT2D eigenvalue weighted by molar-refractivity contribution is 5.05. The number of nitriles is 1. The summed E-state index contributed by atoms with van der Waals surface area (Å²) >= 11 is 0. The standard InChI is InChI=1S/C18H31N3/c1-17(2,3)21-11-15-9-20(10-16(15)12-21)14-18(13-19)7-5-4-6-8-18/h15-16H,4-12,14H2,1-3H3/t15-,16+. The van der Waals surface area contributed by atoms with E-state index >= 15 is 0 Å². The normalized spacial score (nSPS) is 33.8. The predicted octanol–water partition coefficient (Wildman–Crippen LogP) is 3.12. The lowest BCUT2D eigenvalue weighted by molar-refractivity contribution is 0.130. The smallest absolute Gasteiger partial charge is 0.0703 e. The Bertz CT molecular complexity index is 397. The Morgan fingerprint density at radius 1 is 1.00 bits per heavy atom. The van der Waals surface area contributed by atoms with Crippen LogP contribution in [0.25, 0.3) is 0 Å². The van der Waals surface area contributed by atoms with Gasteiger partial charge in [-0.25, -0.2) is 0 Å². The van der Waals surface area contributed by atoms with Gasteiger partial charge in [-0.05, 0) is 45.4 Å². The van der Waals surface area contributed by atoms with Crippen LogP contribution >= 0.6 is 0 Å². The van der Waals surface area contributed by atoms with E-state index < -0.39 is 0 Å². The number of hydrogen-bond donors (Lipinski definition) is 0. The van der Waals surface area contributed by atoms with Gasteiger partial charge in [-0.1, -0.05) is 19.3 Å². The lowest BCUT2D eigenvalue weighted by Gasteiger charge is -2.36. The van der Waals surface area contributed by atoms with Crippen LogP contribution in [0.5, 0.6) is 0 Å². The second kappa shape index (κ2) is 5.56. The molecule has 3 nitrogen and oxygen atoms in total. The third-order valence-corrected chi connectivity index (χ3v) is 6.08. The second-order valence-corrected chi connectivity index (χ2v) is 8.74. The van der Waals surface area contributed by atoms with Crippen molar-refractivity contribution in [1.82, 2.24) is 9.80 Å². The van der Waals surface area contributed by atoms with E-state index in [4.69, 9.17) is 0 Å². The van der Waals surface area contributed by atoms with Crippen LogP contribution in [-0.2, 0) is 0 Å². The van der Waals surface area contributed by atoms with Gasteiger partial charge in [0.2, 0.25) is 0 Å². The van der Waals surface area contributed by atoms with Crippen molar-refractivity contribution in [3.63, 3.8) is 0 Å². The van der Waals surface area contributed by atoms with Crippen LogP contribution in [0.1, 0.15) is 52.9 Å². The first-order chi connectivity index (χ1) is 9.92. The molecule has 3 rings (SSSR count). The highest BCUT2D eigenvalue weighted by Gasteiger charge is 2.45. The van der Waals surface area contributed by atoms with E-state index in [0.717, 1.165) is 31.2 Å². The Balaban J connectivity index is 1.57. The molecule has 0 radical (unpaired) electrons. The summed E-state index contributed by atoms with van der Waals surface area (Å²) in [6, 6.07) is 2.69. The number of likely N-dealkylation sites (tertiary alicyclic amines) is 2. The summed E-state index contributed by atoms with van der Waals surface area (Å²) in [7, 11) is 0. The number of nitrogens with zero attached hydrogens (tertiary/aromatic N) is 3. The van der Waals surface area contributed by atoms with Crippen LogP contribution in [0.2, 0.25) is 0 Å². The first kappa shape index (κ1) is 15.3. The van der Waals surface area contributed by atoms with Crippen molar-refractivity contribution < 1.29 is 0 Å². The Kier molecular flexibility index (Phi) is 4.05. The van der Waals surface area contributed by atoms with Crippen molar-refractivity contribution in [3.05, 3.63) is 0 Å². The van der Waals surface area contributed by atoms with Gasteiger partial charge in [0.1, 0.15) is 0 Å². The van der Waals surface area contributed by atoms with E-state index in [9.17, 15) is 5.26 Å². The maximum Gasteiger partial charge on any atom is 0.0703 e. The largest absolute Gasteiger partial charge is 0.301 e. The first-order valence-corrected chi connectivity index (χ1v) is 8.81. The Hall–Kier alpha value is -0.590. The monoisotopic (exact) mass is 289 g/mol. The van der Waals surface area contributed by atoms with Gasteiger partial charge in [0.15, 0.2) is 0 Å². The minimum Gasteiger partial charge on any atom is -0.301 e. The molecule has 0 aromatic heterocycles. The molecule has 3 aliphatic rings. The molecule has 2 heterocycles. The fourth-order valence-electron chi connectivity index (χ4n) is 4.73. The molecule has 21 heavy (non-hydrogen) atoms. The molecular formula is C18H31N3. The Labute approximate surface area is 130 Å². The zero-order valence-corrected chi connectivity index (χ0v) is 14.1. The van der Waals surface area contributed by atoms with Crippen molar-refractivity contribution in [3.8, 4) is 6.07 Å². The van der Waals surface area contributed by atoms with Gasteiger partial charge in [0.05, 0.1) is 11.5 Å². The third kappa shape index (κ3) is 3.12. The molecule has 2 saturated heterocycles. The lowest BCUT2D eigenvalue weighted by Crippen LogP contribution is -2.43. The van der Waals surface area contributed by atoms with E-state index in [0.29, 0.717) is 5.54 Å². The number of hydrogen-bond acceptors (Lipinski definition) is 3. The fourth-order valence-corrected chi connectivity index (χ4v) is 4.73. The highest BCUT2D eigenvalue weighted by Crippen LogP contribution is 2.40. The summed E-state index contributed by atoms with van der Waals surface area (Å²) in [4.78, 5) is 5.27. The van der Waals surface area contributed by atoms with E-state index in [1.807, 2.05) is 0 Å². The van der Waals surface area contributed by atoms with Crippen molar-refractivity contribution >= 4 is 0 Å². The molecule has 2 aliphatic heterocycles. The summed E-state index contributed by atoms with van der Waals surface area (Å²) in [5.74, 6) is 1.67. The van der Waals surface area contributed by atoms with E-state index in [1.165, 1.54) is 45.4 Å². The summed E-state index contributed by atoms with van der Waals surface area (Å²) in [5, 5.41) is 9.67. The average molecular weight is 289 g/mol. The molecule has 0 aromatic rings. The van der Waals surface area contributed by atoms with Crippen LogP contribution in [-0.4, -0.2) is 48.1 Å². The molecule has 0 unspecified atom stereocenters. The van der Waals surface area contributed by atoms with Gasteiger partial charge in [0, 0.05) is 38.3 Å². The van der Waals surface area contributed by atoms with Crippen LogP contribution < -0.4 is 0 Å². The van der Waals surface area contributed by atoms with Crippen LogP contribution in [0, 0.1) is 28.6 Å². The molecule has 1 aliphatic carbocycles. The van der Waals surface area contributed by atoms with Crippen molar-refractivity contribution in [2.75, 3.05) is 32.7 Å². The molecule has 0 aromatic carbocycles. The zero-order chi connectivity index (χ0) is 15.1. The summed E-state index contributed by atoms with van der Waals surface area (Å²) in [5.41, 5.74) is 0.285. The molecule has 0 N–H and O–H groups in total. The number of rotatable bonds is 2. The number of fused-ring (bicyclic) bond motifs is 1. The van der Waals surface area contributed by atoms with Crippen molar-refractivity contribution in [1.29, 1.82) is 5.26 Å². The second-order valence-electron chi connectivity index (χ2n) is 8.74. The van der Waals surface area contributed by atoms with Gasteiger partial charge < -0.3 is 4.90 Å². The maximum atomic E-state index is 9.67. The Morgan fingerprint density at radius 3 is 2.05 bits per heavy atom. The molecule has 3 fully saturated rings. The molecule has 0 bridgehead atoms. The summed E-state index contributed by atoms with van der Waals surface area (Å²) < 4.78 is 0. The summed E-state index contributed by atoms with van der Waals surface area (Å²) in [6.07, 6.45) is 6.10. The van der Waals surface area contributed by atoms with Crippen LogP contribution in [0.15, 0.2) is 0 Å². The van der Waals surface area contributed by atoms with E-state index in [-0.39, 0.29) is 5.41 Å². The van der Waals surface area contributed by atoms with Gasteiger partial charge in [-0.2, -0.15) is 5.26 Å². The minimum atomic E-state index is -0.0272. The topological polar surface area (TPSA) is 30.3 Å². The van der Waals surface area contributed by atoms with Crippen molar-refractivity contribution in [2.45, 2.75) is 58.4 Å². The van der Waals surface area contributed by atoms with Gasteiger partial charge >= 0.3 is 0 Å². The molecule has 1 saturated carbocycles. The fraction of sp³-hybridized carbons (Fsp3) is 0.944.